The molecule has 0 bridgehead atoms. The van der Waals surface area contributed by atoms with E-state index in [1.54, 1.807) is 0 Å². The second-order valence-corrected chi connectivity index (χ2v) is 5.28. The maximum absolute atomic E-state index is 6.22. The van der Waals surface area contributed by atoms with Gasteiger partial charge in [0.15, 0.2) is 0 Å². The van der Waals surface area contributed by atoms with Crippen molar-refractivity contribution in [1.82, 2.24) is 5.43 Å². The lowest BCUT2D eigenvalue weighted by molar-refractivity contribution is 0.807. The molecule has 3 rings (SSSR count). The Hall–Kier alpha value is -2.00. The number of hydrogen-bond acceptors (Lipinski definition) is 3. The number of nitrogens with one attached hydrogen (secondary N) is 1. The van der Waals surface area contributed by atoms with Gasteiger partial charge in [-0.15, -0.1) is 0 Å². The van der Waals surface area contributed by atoms with Gasteiger partial charge in [-0.1, -0.05) is 47.5 Å². The van der Waals surface area contributed by atoms with E-state index in [4.69, 9.17) is 11.6 Å². The summed E-state index contributed by atoms with van der Waals surface area (Å²) in [4.78, 5) is 2.17. The third-order valence-corrected chi connectivity index (χ3v) is 3.77. The van der Waals surface area contributed by atoms with Gasteiger partial charge in [-0.05, 0) is 30.7 Å². The van der Waals surface area contributed by atoms with Crippen LogP contribution >= 0.6 is 11.6 Å². The summed E-state index contributed by atoms with van der Waals surface area (Å²) >= 11 is 6.22. The Labute approximate surface area is 123 Å². The molecule has 0 aromatic heterocycles. The first-order chi connectivity index (χ1) is 9.74. The highest BCUT2D eigenvalue weighted by atomic mass is 35.5. The first kappa shape index (κ1) is 13.0. The summed E-state index contributed by atoms with van der Waals surface area (Å²) in [5.74, 6) is 0.988. The van der Waals surface area contributed by atoms with Gasteiger partial charge in [0.1, 0.15) is 12.5 Å². The topological polar surface area (TPSA) is 27.6 Å². The molecular weight excluding hydrogens is 270 g/mol. The van der Waals surface area contributed by atoms with E-state index in [2.05, 4.69) is 46.6 Å². The summed E-state index contributed by atoms with van der Waals surface area (Å²) in [5.41, 5.74) is 6.54. The van der Waals surface area contributed by atoms with Crippen LogP contribution in [-0.2, 0) is 6.42 Å². The summed E-state index contributed by atoms with van der Waals surface area (Å²) in [6, 6.07) is 16.3. The van der Waals surface area contributed by atoms with Crippen molar-refractivity contribution in [3.05, 3.63) is 64.7 Å². The Balaban J connectivity index is 1.83. The molecule has 0 spiro atoms. The Morgan fingerprint density at radius 3 is 2.65 bits per heavy atom. The molecule has 0 saturated carbocycles. The van der Waals surface area contributed by atoms with Crippen LogP contribution in [0.2, 0.25) is 5.02 Å². The van der Waals surface area contributed by atoms with Gasteiger partial charge >= 0.3 is 0 Å². The smallest absolute Gasteiger partial charge is 0.135 e. The predicted molar refractivity (Wildman–Crippen MR) is 84.3 cm³/mol. The molecule has 1 N–H and O–H groups in total. The SMILES string of the molecule is Cc1ccc(N2CNN=C2Cc2ccccc2Cl)cc1. The van der Waals surface area contributed by atoms with Gasteiger partial charge in [0.05, 0.1) is 0 Å². The van der Waals surface area contributed by atoms with E-state index in [0.717, 1.165) is 28.5 Å². The van der Waals surface area contributed by atoms with Crippen LogP contribution in [0.5, 0.6) is 0 Å². The van der Waals surface area contributed by atoms with E-state index < -0.39 is 0 Å². The van der Waals surface area contributed by atoms with Crippen molar-refractivity contribution in [2.45, 2.75) is 13.3 Å². The standard InChI is InChI=1S/C16H16ClN3/c1-12-6-8-14(9-7-12)20-11-18-19-16(20)10-13-4-2-3-5-15(13)17/h2-9,18H,10-11H2,1H3. The Morgan fingerprint density at radius 1 is 1.15 bits per heavy atom. The summed E-state index contributed by atoms with van der Waals surface area (Å²) < 4.78 is 0. The molecule has 0 saturated heterocycles. The zero-order valence-electron chi connectivity index (χ0n) is 11.3. The summed E-state index contributed by atoms with van der Waals surface area (Å²) in [6.07, 6.45) is 0.723. The molecule has 1 aliphatic heterocycles. The fourth-order valence-corrected chi connectivity index (χ4v) is 2.46. The van der Waals surface area contributed by atoms with Crippen molar-refractivity contribution < 1.29 is 0 Å². The normalized spacial score (nSPS) is 14.1. The second kappa shape index (κ2) is 5.55. The van der Waals surface area contributed by atoms with E-state index in [0.29, 0.717) is 6.67 Å². The van der Waals surface area contributed by atoms with Crippen molar-refractivity contribution in [3.8, 4) is 0 Å². The molecule has 0 radical (unpaired) electrons. The van der Waals surface area contributed by atoms with E-state index >= 15 is 0 Å². The maximum Gasteiger partial charge on any atom is 0.135 e. The number of nitrogens with zero attached hydrogens (tertiary/aromatic N) is 2. The van der Waals surface area contributed by atoms with Gasteiger partial charge in [-0.3, -0.25) is 5.43 Å². The lowest BCUT2D eigenvalue weighted by Gasteiger charge is -2.19. The molecule has 2 aromatic carbocycles. The fraction of sp³-hybridized carbons (Fsp3) is 0.188. The monoisotopic (exact) mass is 285 g/mol. The zero-order chi connectivity index (χ0) is 13.9. The van der Waals surface area contributed by atoms with Gasteiger partial charge in [0.25, 0.3) is 0 Å². The largest absolute Gasteiger partial charge is 0.309 e. The average molecular weight is 286 g/mol. The van der Waals surface area contributed by atoms with Crippen LogP contribution in [0.3, 0.4) is 0 Å². The molecule has 0 amide bonds. The number of aryl methyl sites for hydroxylation is 1. The molecule has 3 nitrogen and oxygen atoms in total. The van der Waals surface area contributed by atoms with E-state index in [1.165, 1.54) is 5.56 Å². The Kier molecular flexibility index (Phi) is 3.61. The third kappa shape index (κ3) is 2.63. The molecule has 2 aromatic rings. The van der Waals surface area contributed by atoms with Gasteiger partial charge < -0.3 is 4.90 Å². The highest BCUT2D eigenvalue weighted by Crippen LogP contribution is 2.21. The number of anilines is 1. The van der Waals surface area contributed by atoms with Crippen LogP contribution in [0.25, 0.3) is 0 Å². The van der Waals surface area contributed by atoms with Crippen LogP contribution in [0, 0.1) is 6.92 Å². The quantitative estimate of drug-likeness (QED) is 0.933. The minimum atomic E-state index is 0.697. The molecule has 102 valence electrons. The minimum absolute atomic E-state index is 0.697. The van der Waals surface area contributed by atoms with E-state index in [1.807, 2.05) is 24.3 Å². The first-order valence-corrected chi connectivity index (χ1v) is 6.99. The number of rotatable bonds is 3. The number of hydrogen-bond donors (Lipinski definition) is 1. The van der Waals surface area contributed by atoms with Crippen molar-refractivity contribution in [1.29, 1.82) is 0 Å². The second-order valence-electron chi connectivity index (χ2n) is 4.88. The molecule has 0 unspecified atom stereocenters. The number of amidine groups is 1. The average Bonchev–Trinajstić information content (AvgIpc) is 2.90. The van der Waals surface area contributed by atoms with Gasteiger partial charge in [-0.2, -0.15) is 5.10 Å². The van der Waals surface area contributed by atoms with Crippen LogP contribution in [-0.4, -0.2) is 12.5 Å². The van der Waals surface area contributed by atoms with Gasteiger partial charge in [0, 0.05) is 17.1 Å². The summed E-state index contributed by atoms with van der Waals surface area (Å²) in [7, 11) is 0. The molecular formula is C16H16ClN3. The Bertz CT molecular complexity index is 634. The van der Waals surface area contributed by atoms with Crippen molar-refractivity contribution in [3.63, 3.8) is 0 Å². The van der Waals surface area contributed by atoms with Crippen LogP contribution in [0.15, 0.2) is 53.6 Å². The lowest BCUT2D eigenvalue weighted by atomic mass is 10.1. The fourth-order valence-electron chi connectivity index (χ4n) is 2.26. The minimum Gasteiger partial charge on any atom is -0.309 e. The van der Waals surface area contributed by atoms with Crippen molar-refractivity contribution >= 4 is 23.1 Å². The van der Waals surface area contributed by atoms with E-state index in [9.17, 15) is 0 Å². The molecule has 0 atom stereocenters. The number of benzene rings is 2. The molecule has 20 heavy (non-hydrogen) atoms. The molecule has 0 fully saturated rings. The molecule has 1 heterocycles. The van der Waals surface area contributed by atoms with Crippen LogP contribution < -0.4 is 10.3 Å². The zero-order valence-corrected chi connectivity index (χ0v) is 12.1. The lowest BCUT2D eigenvalue weighted by Crippen LogP contribution is -2.30. The number of halogens is 1. The summed E-state index contributed by atoms with van der Waals surface area (Å²) in [6.45, 7) is 2.79. The maximum atomic E-state index is 6.22. The predicted octanol–water partition coefficient (Wildman–Crippen LogP) is 3.57. The summed E-state index contributed by atoms with van der Waals surface area (Å²) in [5, 5.41) is 5.17. The molecule has 1 aliphatic rings. The highest BCUT2D eigenvalue weighted by molar-refractivity contribution is 6.31. The third-order valence-electron chi connectivity index (χ3n) is 3.40. The van der Waals surface area contributed by atoms with Gasteiger partial charge in [0.2, 0.25) is 0 Å². The van der Waals surface area contributed by atoms with Crippen LogP contribution in [0.1, 0.15) is 11.1 Å². The van der Waals surface area contributed by atoms with E-state index in [-0.39, 0.29) is 0 Å². The first-order valence-electron chi connectivity index (χ1n) is 6.61. The molecule has 4 heteroatoms. The van der Waals surface area contributed by atoms with Crippen LogP contribution in [0.4, 0.5) is 5.69 Å². The van der Waals surface area contributed by atoms with Crippen molar-refractivity contribution in [2.75, 3.05) is 11.6 Å². The van der Waals surface area contributed by atoms with Gasteiger partial charge in [-0.25, -0.2) is 0 Å². The molecule has 0 aliphatic carbocycles. The van der Waals surface area contributed by atoms with Crippen molar-refractivity contribution in [2.24, 2.45) is 5.10 Å². The Morgan fingerprint density at radius 2 is 1.90 bits per heavy atom. The number of hydrazone groups is 1. The highest BCUT2D eigenvalue weighted by Gasteiger charge is 2.19.